The average molecular weight is 420 g/mol. The van der Waals surface area contributed by atoms with Crippen LogP contribution in [0.1, 0.15) is 29.4 Å². The van der Waals surface area contributed by atoms with E-state index in [1.54, 1.807) is 12.4 Å². The third-order valence-corrected chi connectivity index (χ3v) is 6.64. The lowest BCUT2D eigenvalue weighted by atomic mass is 9.73. The Balaban J connectivity index is 1.51. The summed E-state index contributed by atoms with van der Waals surface area (Å²) in [6.07, 6.45) is 4.00. The summed E-state index contributed by atoms with van der Waals surface area (Å²) in [5, 5.41) is 10.4. The van der Waals surface area contributed by atoms with Crippen molar-refractivity contribution in [3.63, 3.8) is 0 Å². The summed E-state index contributed by atoms with van der Waals surface area (Å²) >= 11 is 1.29. The molecule has 9 heteroatoms. The molecule has 1 spiro atoms. The molecule has 0 radical (unpaired) electrons. The van der Waals surface area contributed by atoms with Crippen LogP contribution in [-0.4, -0.2) is 49.2 Å². The third-order valence-electron chi connectivity index (χ3n) is 5.81. The molecule has 2 aromatic heterocycles. The number of hydrogen-bond donors (Lipinski definition) is 2. The highest BCUT2D eigenvalue weighted by Crippen LogP contribution is 2.54. The zero-order chi connectivity index (χ0) is 20.7. The van der Waals surface area contributed by atoms with Gasteiger partial charge in [-0.25, -0.2) is 4.98 Å². The van der Waals surface area contributed by atoms with Crippen molar-refractivity contribution in [1.29, 1.82) is 0 Å². The fourth-order valence-electron chi connectivity index (χ4n) is 4.55. The molecule has 2 unspecified atom stereocenters. The number of thioether (sulfide) groups is 1. The zero-order valence-corrected chi connectivity index (χ0v) is 17.1. The predicted octanol–water partition coefficient (Wildman–Crippen LogP) is 2.46. The fourth-order valence-corrected chi connectivity index (χ4v) is 5.28. The second-order valence-electron chi connectivity index (χ2n) is 7.49. The van der Waals surface area contributed by atoms with E-state index in [4.69, 9.17) is 0 Å². The number of aryl methyl sites for hydroxylation is 1. The Kier molecular flexibility index (Phi) is 4.54. The molecule has 2 aliphatic heterocycles. The Morgan fingerprint density at radius 3 is 2.93 bits per heavy atom. The lowest BCUT2D eigenvalue weighted by Crippen LogP contribution is -2.43. The number of benzene rings is 1. The number of para-hydroxylation sites is 1. The van der Waals surface area contributed by atoms with E-state index < -0.39 is 11.5 Å². The van der Waals surface area contributed by atoms with Crippen LogP contribution in [-0.2, 0) is 15.0 Å². The van der Waals surface area contributed by atoms with Crippen molar-refractivity contribution >= 4 is 29.3 Å². The second kappa shape index (κ2) is 7.24. The first-order valence-corrected chi connectivity index (χ1v) is 10.7. The minimum Gasteiger partial charge on any atom is -0.333 e. The first-order valence-electron chi connectivity index (χ1n) is 9.72. The first kappa shape index (κ1) is 18.8. The summed E-state index contributed by atoms with van der Waals surface area (Å²) in [5.41, 5.74) is 1.79. The number of amides is 2. The summed E-state index contributed by atoms with van der Waals surface area (Å²) in [4.78, 5) is 36.9. The van der Waals surface area contributed by atoms with Gasteiger partial charge < -0.3 is 10.2 Å². The van der Waals surface area contributed by atoms with Crippen molar-refractivity contribution in [1.82, 2.24) is 25.1 Å². The highest BCUT2D eigenvalue weighted by Gasteiger charge is 2.59. The van der Waals surface area contributed by atoms with Gasteiger partial charge in [-0.1, -0.05) is 36.0 Å². The van der Waals surface area contributed by atoms with E-state index >= 15 is 0 Å². The van der Waals surface area contributed by atoms with Crippen LogP contribution < -0.4 is 5.32 Å². The number of likely N-dealkylation sites (tertiary alicyclic amines) is 1. The highest BCUT2D eigenvalue weighted by molar-refractivity contribution is 7.99. The summed E-state index contributed by atoms with van der Waals surface area (Å²) in [7, 11) is 0. The Morgan fingerprint density at radius 2 is 2.17 bits per heavy atom. The van der Waals surface area contributed by atoms with E-state index in [9.17, 15) is 9.59 Å². The molecule has 1 fully saturated rings. The van der Waals surface area contributed by atoms with Crippen LogP contribution in [0.2, 0.25) is 0 Å². The SMILES string of the molecule is Cc1nc(SCC(=O)N2CCC3(C(=O)Nc4ccccc43)C2c2cccnc2)n[nH]1. The minimum absolute atomic E-state index is 0.0506. The van der Waals surface area contributed by atoms with E-state index in [1.165, 1.54) is 11.8 Å². The molecule has 4 heterocycles. The molecule has 2 atom stereocenters. The lowest BCUT2D eigenvalue weighted by molar-refractivity contribution is -0.130. The van der Waals surface area contributed by atoms with Gasteiger partial charge in [-0.2, -0.15) is 0 Å². The van der Waals surface area contributed by atoms with Crippen LogP contribution in [0, 0.1) is 6.92 Å². The fraction of sp³-hybridized carbons (Fsp3) is 0.286. The maximum Gasteiger partial charge on any atom is 0.237 e. The molecule has 2 N–H and O–H groups in total. The monoisotopic (exact) mass is 420 g/mol. The van der Waals surface area contributed by atoms with Gasteiger partial charge in [-0.05, 0) is 36.6 Å². The van der Waals surface area contributed by atoms with E-state index in [2.05, 4.69) is 25.5 Å². The molecule has 3 aromatic rings. The summed E-state index contributed by atoms with van der Waals surface area (Å²) < 4.78 is 0. The number of anilines is 1. The Labute approximate surface area is 177 Å². The Bertz CT molecular complexity index is 1120. The van der Waals surface area contributed by atoms with Gasteiger partial charge in [0.25, 0.3) is 0 Å². The van der Waals surface area contributed by atoms with Crippen molar-refractivity contribution in [3.8, 4) is 0 Å². The van der Waals surface area contributed by atoms with Crippen LogP contribution >= 0.6 is 11.8 Å². The van der Waals surface area contributed by atoms with Crippen molar-refractivity contribution in [3.05, 3.63) is 65.7 Å². The van der Waals surface area contributed by atoms with Gasteiger partial charge in [0.05, 0.1) is 11.8 Å². The molecular weight excluding hydrogens is 400 g/mol. The summed E-state index contributed by atoms with van der Waals surface area (Å²) in [6, 6.07) is 11.1. The number of aromatic amines is 1. The molecule has 5 rings (SSSR count). The average Bonchev–Trinajstić information content (AvgIpc) is 3.44. The first-order chi connectivity index (χ1) is 14.6. The summed E-state index contributed by atoms with van der Waals surface area (Å²) in [5.74, 6) is 0.793. The Morgan fingerprint density at radius 1 is 1.30 bits per heavy atom. The smallest absolute Gasteiger partial charge is 0.237 e. The number of H-pyrrole nitrogens is 1. The molecule has 30 heavy (non-hydrogen) atoms. The molecule has 1 aromatic carbocycles. The quantitative estimate of drug-likeness (QED) is 0.629. The van der Waals surface area contributed by atoms with Crippen LogP contribution in [0.15, 0.2) is 53.9 Å². The normalized spacial score (nSPS) is 22.4. The third kappa shape index (κ3) is 2.88. The van der Waals surface area contributed by atoms with E-state index in [-0.39, 0.29) is 17.6 Å². The number of fused-ring (bicyclic) bond motifs is 2. The van der Waals surface area contributed by atoms with Gasteiger partial charge >= 0.3 is 0 Å². The molecule has 2 amide bonds. The van der Waals surface area contributed by atoms with Crippen molar-refractivity contribution in [2.45, 2.75) is 30.0 Å². The summed E-state index contributed by atoms with van der Waals surface area (Å²) in [6.45, 7) is 2.31. The maximum atomic E-state index is 13.3. The lowest BCUT2D eigenvalue weighted by Gasteiger charge is -2.34. The van der Waals surface area contributed by atoms with Gasteiger partial charge in [0.2, 0.25) is 17.0 Å². The van der Waals surface area contributed by atoms with Crippen LogP contribution in [0.3, 0.4) is 0 Å². The van der Waals surface area contributed by atoms with Crippen molar-refractivity contribution in [2.75, 3.05) is 17.6 Å². The number of aromatic nitrogens is 4. The van der Waals surface area contributed by atoms with Crippen molar-refractivity contribution < 1.29 is 9.59 Å². The van der Waals surface area contributed by atoms with Gasteiger partial charge in [0, 0.05) is 24.6 Å². The molecule has 0 saturated carbocycles. The number of nitrogens with one attached hydrogen (secondary N) is 2. The largest absolute Gasteiger partial charge is 0.333 e. The number of hydrogen-bond acceptors (Lipinski definition) is 6. The molecule has 152 valence electrons. The molecular formula is C21H20N6O2S. The van der Waals surface area contributed by atoms with Crippen molar-refractivity contribution in [2.24, 2.45) is 0 Å². The standard InChI is InChI=1S/C21H20N6O2S/c1-13-23-20(26-25-13)30-12-17(28)27-10-8-21(18(27)14-5-4-9-22-11-14)15-6-2-3-7-16(15)24-19(21)29/h2-7,9,11,18H,8,10,12H2,1H3,(H,24,29)(H,23,25,26). The van der Waals surface area contributed by atoms with Gasteiger partial charge in [-0.3, -0.25) is 19.7 Å². The molecule has 0 bridgehead atoms. The van der Waals surface area contributed by atoms with Crippen LogP contribution in [0.5, 0.6) is 0 Å². The van der Waals surface area contributed by atoms with Crippen LogP contribution in [0.4, 0.5) is 5.69 Å². The van der Waals surface area contributed by atoms with E-state index in [1.807, 2.05) is 48.2 Å². The van der Waals surface area contributed by atoms with Gasteiger partial charge in [-0.15, -0.1) is 5.10 Å². The number of rotatable bonds is 4. The number of carbonyl (C=O) groups is 2. The number of pyridine rings is 1. The second-order valence-corrected chi connectivity index (χ2v) is 8.43. The van der Waals surface area contributed by atoms with E-state index in [0.717, 1.165) is 16.8 Å². The maximum absolute atomic E-state index is 13.3. The topological polar surface area (TPSA) is 104 Å². The molecule has 8 nitrogen and oxygen atoms in total. The molecule has 0 aliphatic carbocycles. The predicted molar refractivity (Wildman–Crippen MR) is 112 cm³/mol. The van der Waals surface area contributed by atoms with Crippen LogP contribution in [0.25, 0.3) is 0 Å². The number of carbonyl (C=O) groups excluding carboxylic acids is 2. The van der Waals surface area contributed by atoms with E-state index in [0.29, 0.717) is 23.9 Å². The minimum atomic E-state index is -0.818. The molecule has 1 saturated heterocycles. The van der Waals surface area contributed by atoms with Gasteiger partial charge in [0.1, 0.15) is 11.2 Å². The van der Waals surface area contributed by atoms with Gasteiger partial charge in [0.15, 0.2) is 0 Å². The number of nitrogens with zero attached hydrogens (tertiary/aromatic N) is 4. The molecule has 2 aliphatic rings. The highest BCUT2D eigenvalue weighted by atomic mass is 32.2. The Hall–Kier alpha value is -3.20. The zero-order valence-electron chi connectivity index (χ0n) is 16.3.